The molecular weight excluding hydrogens is 419 g/mol. The number of methoxy groups -OCH3 is 1. The first-order valence-electron chi connectivity index (χ1n) is 8.18. The molecular formula is C20H15FO6S2. The predicted molar refractivity (Wildman–Crippen MR) is 107 cm³/mol. The van der Waals surface area contributed by atoms with Crippen molar-refractivity contribution in [2.24, 2.45) is 0 Å². The Balaban J connectivity index is 2.34. The fourth-order valence-corrected chi connectivity index (χ4v) is 4.59. The second-order valence-corrected chi connectivity index (χ2v) is 9.15. The van der Waals surface area contributed by atoms with E-state index in [1.807, 2.05) is 0 Å². The Morgan fingerprint density at radius 1 is 0.931 bits per heavy atom. The van der Waals surface area contributed by atoms with Crippen molar-refractivity contribution >= 4 is 33.1 Å². The molecule has 1 heterocycles. The summed E-state index contributed by atoms with van der Waals surface area (Å²) in [5.74, 6) is -2.47. The predicted octanol–water partition coefficient (Wildman–Crippen LogP) is 4.11. The van der Waals surface area contributed by atoms with Crippen molar-refractivity contribution in [2.75, 3.05) is 13.4 Å². The van der Waals surface area contributed by atoms with Crippen LogP contribution in [0.25, 0.3) is 22.3 Å². The maximum Gasteiger partial charge on any atom is 0.348 e. The van der Waals surface area contributed by atoms with Gasteiger partial charge in [-0.3, -0.25) is 0 Å². The molecule has 0 spiro atoms. The minimum Gasteiger partial charge on any atom is -0.477 e. The zero-order valence-electron chi connectivity index (χ0n) is 15.3. The molecule has 0 saturated heterocycles. The van der Waals surface area contributed by atoms with Crippen LogP contribution >= 0.6 is 11.3 Å². The van der Waals surface area contributed by atoms with Crippen molar-refractivity contribution in [1.29, 1.82) is 0 Å². The first kappa shape index (κ1) is 20.7. The summed E-state index contributed by atoms with van der Waals surface area (Å²) in [5, 5.41) is 9.68. The Labute approximate surface area is 170 Å². The molecule has 150 valence electrons. The second kappa shape index (κ2) is 7.76. The monoisotopic (exact) mass is 434 g/mol. The van der Waals surface area contributed by atoms with E-state index in [1.54, 1.807) is 0 Å². The summed E-state index contributed by atoms with van der Waals surface area (Å²) >= 11 is 0.744. The Hall–Kier alpha value is -3.04. The lowest BCUT2D eigenvalue weighted by atomic mass is 9.94. The third kappa shape index (κ3) is 4.06. The highest BCUT2D eigenvalue weighted by Crippen LogP contribution is 2.44. The summed E-state index contributed by atoms with van der Waals surface area (Å²) in [5.41, 5.74) is 1.35. The van der Waals surface area contributed by atoms with Gasteiger partial charge in [-0.05, 0) is 35.4 Å². The average molecular weight is 434 g/mol. The van der Waals surface area contributed by atoms with E-state index in [0.29, 0.717) is 11.1 Å². The van der Waals surface area contributed by atoms with Crippen molar-refractivity contribution in [2.45, 2.75) is 4.90 Å². The number of rotatable bonds is 5. The van der Waals surface area contributed by atoms with Gasteiger partial charge in [0.15, 0.2) is 9.84 Å². The second-order valence-electron chi connectivity index (χ2n) is 6.11. The van der Waals surface area contributed by atoms with E-state index >= 15 is 0 Å². The van der Waals surface area contributed by atoms with Gasteiger partial charge in [-0.25, -0.2) is 22.4 Å². The molecule has 0 bridgehead atoms. The third-order valence-electron chi connectivity index (χ3n) is 4.18. The molecule has 0 saturated carbocycles. The van der Waals surface area contributed by atoms with Crippen molar-refractivity contribution in [3.05, 3.63) is 64.1 Å². The Bertz CT molecular complexity index is 1190. The smallest absolute Gasteiger partial charge is 0.348 e. The van der Waals surface area contributed by atoms with Crippen LogP contribution < -0.4 is 0 Å². The van der Waals surface area contributed by atoms with Crippen molar-refractivity contribution in [3.63, 3.8) is 0 Å². The number of benzene rings is 2. The van der Waals surface area contributed by atoms with Gasteiger partial charge in [-0.2, -0.15) is 0 Å². The van der Waals surface area contributed by atoms with Crippen LogP contribution in [-0.4, -0.2) is 38.8 Å². The van der Waals surface area contributed by atoms with Crippen LogP contribution in [0.3, 0.4) is 0 Å². The molecule has 3 aromatic rings. The van der Waals surface area contributed by atoms with Crippen LogP contribution in [-0.2, 0) is 14.6 Å². The fraction of sp³-hybridized carbons (Fsp3) is 0.100. The van der Waals surface area contributed by atoms with Gasteiger partial charge in [-0.15, -0.1) is 11.3 Å². The Morgan fingerprint density at radius 3 is 1.86 bits per heavy atom. The summed E-state index contributed by atoms with van der Waals surface area (Å²) in [6, 6.07) is 10.9. The molecule has 29 heavy (non-hydrogen) atoms. The van der Waals surface area contributed by atoms with Crippen molar-refractivity contribution in [1.82, 2.24) is 0 Å². The fourth-order valence-electron chi connectivity index (χ4n) is 2.85. The minimum atomic E-state index is -3.43. The van der Waals surface area contributed by atoms with Crippen molar-refractivity contribution in [3.8, 4) is 22.3 Å². The standard InChI is InChI=1S/C20H15FO6S2/c1-27-20(24)18-16(12-5-9-14(10-6-12)29(2,25)26)15(17(28-18)19(22)23)11-3-7-13(21)8-4-11/h3-10H,1-2H3,(H,22,23). The largest absolute Gasteiger partial charge is 0.477 e. The SMILES string of the molecule is COC(=O)c1sc(C(=O)O)c(-c2ccc(F)cc2)c1-c1ccc(S(C)(=O)=O)cc1. The number of esters is 1. The summed E-state index contributed by atoms with van der Waals surface area (Å²) in [6.45, 7) is 0. The molecule has 1 aromatic heterocycles. The molecule has 0 amide bonds. The number of hydrogen-bond donors (Lipinski definition) is 1. The van der Waals surface area contributed by atoms with Gasteiger partial charge in [0.2, 0.25) is 0 Å². The number of halogens is 1. The number of carbonyl (C=O) groups excluding carboxylic acids is 1. The average Bonchev–Trinajstić information content (AvgIpc) is 3.08. The molecule has 0 aliphatic rings. The first-order valence-corrected chi connectivity index (χ1v) is 10.9. The molecule has 0 aliphatic heterocycles. The number of carboxylic acid groups (broad SMARTS) is 1. The number of hydrogen-bond acceptors (Lipinski definition) is 6. The molecule has 0 unspecified atom stereocenters. The van der Waals surface area contributed by atoms with Gasteiger partial charge in [0.25, 0.3) is 0 Å². The van der Waals surface area contributed by atoms with Crippen LogP contribution in [0.4, 0.5) is 4.39 Å². The van der Waals surface area contributed by atoms with E-state index < -0.39 is 27.6 Å². The number of thiophene rings is 1. The third-order valence-corrected chi connectivity index (χ3v) is 6.46. The zero-order valence-corrected chi connectivity index (χ0v) is 16.9. The normalized spacial score (nSPS) is 11.3. The van der Waals surface area contributed by atoms with Crippen LogP contribution in [0.15, 0.2) is 53.4 Å². The summed E-state index contributed by atoms with van der Waals surface area (Å²) in [4.78, 5) is 24.2. The number of carbonyl (C=O) groups is 2. The van der Waals surface area contributed by atoms with E-state index in [9.17, 15) is 27.5 Å². The lowest BCUT2D eigenvalue weighted by Gasteiger charge is -2.09. The van der Waals surface area contributed by atoms with Gasteiger partial charge in [-0.1, -0.05) is 24.3 Å². The highest BCUT2D eigenvalue weighted by atomic mass is 32.2. The highest BCUT2D eigenvalue weighted by Gasteiger charge is 2.28. The maximum atomic E-state index is 13.4. The minimum absolute atomic E-state index is 0.0522. The van der Waals surface area contributed by atoms with Gasteiger partial charge in [0, 0.05) is 17.4 Å². The lowest BCUT2D eigenvalue weighted by Crippen LogP contribution is -2.01. The molecule has 3 rings (SSSR count). The van der Waals surface area contributed by atoms with E-state index in [-0.39, 0.29) is 25.8 Å². The molecule has 0 aliphatic carbocycles. The van der Waals surface area contributed by atoms with Gasteiger partial charge in [0.1, 0.15) is 15.6 Å². The van der Waals surface area contributed by atoms with Crippen LogP contribution in [0, 0.1) is 5.82 Å². The van der Waals surface area contributed by atoms with Crippen LogP contribution in [0.1, 0.15) is 19.3 Å². The van der Waals surface area contributed by atoms with Crippen LogP contribution in [0.5, 0.6) is 0 Å². The molecule has 0 atom stereocenters. The number of carboxylic acids is 1. The van der Waals surface area contributed by atoms with Gasteiger partial charge in [0.05, 0.1) is 12.0 Å². The summed E-state index contributed by atoms with van der Waals surface area (Å²) < 4.78 is 41.6. The van der Waals surface area contributed by atoms with Crippen molar-refractivity contribution < 1.29 is 32.2 Å². The topological polar surface area (TPSA) is 97.7 Å². The molecule has 0 fully saturated rings. The molecule has 6 nitrogen and oxygen atoms in total. The highest BCUT2D eigenvalue weighted by molar-refractivity contribution is 7.90. The van der Waals surface area contributed by atoms with Gasteiger partial charge >= 0.3 is 11.9 Å². The quantitative estimate of drug-likeness (QED) is 0.607. The number of aromatic carboxylic acids is 1. The van der Waals surface area contributed by atoms with E-state index in [1.165, 1.54) is 55.6 Å². The van der Waals surface area contributed by atoms with E-state index in [0.717, 1.165) is 17.6 Å². The Morgan fingerprint density at radius 2 is 1.41 bits per heavy atom. The summed E-state index contributed by atoms with van der Waals surface area (Å²) in [7, 11) is -2.26. The zero-order chi connectivity index (χ0) is 21.3. The molecule has 2 aromatic carbocycles. The summed E-state index contributed by atoms with van der Waals surface area (Å²) in [6.07, 6.45) is 1.07. The van der Waals surface area contributed by atoms with E-state index in [2.05, 4.69) is 0 Å². The van der Waals surface area contributed by atoms with Gasteiger partial charge < -0.3 is 9.84 Å². The molecule has 0 radical (unpaired) electrons. The van der Waals surface area contributed by atoms with E-state index in [4.69, 9.17) is 4.74 Å². The molecule has 1 N–H and O–H groups in total. The van der Waals surface area contributed by atoms with Crippen LogP contribution in [0.2, 0.25) is 0 Å². The lowest BCUT2D eigenvalue weighted by molar-refractivity contribution is 0.0606. The maximum absolute atomic E-state index is 13.4. The Kier molecular flexibility index (Phi) is 5.54. The molecule has 9 heteroatoms. The first-order chi connectivity index (χ1) is 13.6. The number of sulfone groups is 1. The number of ether oxygens (including phenoxy) is 1.